The van der Waals surface area contributed by atoms with Gasteiger partial charge in [0.1, 0.15) is 0 Å². The Bertz CT molecular complexity index is 624. The summed E-state index contributed by atoms with van der Waals surface area (Å²) in [7, 11) is 0. The van der Waals surface area contributed by atoms with Crippen LogP contribution in [0.4, 0.5) is 0 Å². The van der Waals surface area contributed by atoms with Crippen LogP contribution in [0.25, 0.3) is 0 Å². The second-order valence-corrected chi connectivity index (χ2v) is 7.52. The molecule has 1 amide bonds. The maximum Gasteiger partial charge on any atom is 0.222 e. The third-order valence-electron chi connectivity index (χ3n) is 5.77. The van der Waals surface area contributed by atoms with Gasteiger partial charge in [-0.2, -0.15) is 0 Å². The Morgan fingerprint density at radius 1 is 1.27 bits per heavy atom. The molecular weight excluding hydrogens is 324 g/mol. The third-order valence-corrected chi connectivity index (χ3v) is 5.77. The Morgan fingerprint density at radius 3 is 2.65 bits per heavy atom. The minimum atomic E-state index is 0.198. The van der Waals surface area contributed by atoms with Crippen LogP contribution in [-0.2, 0) is 10.2 Å². The fourth-order valence-electron chi connectivity index (χ4n) is 4.01. The summed E-state index contributed by atoms with van der Waals surface area (Å²) in [4.78, 5) is 18.8. The summed E-state index contributed by atoms with van der Waals surface area (Å²) in [6.45, 7) is 7.30. The highest BCUT2D eigenvalue weighted by Crippen LogP contribution is 2.43. The quantitative estimate of drug-likeness (QED) is 0.609. The largest absolute Gasteiger partial charge is 0.357 e. The fraction of sp³-hybridized carbons (Fsp3) is 0.619. The molecule has 1 unspecified atom stereocenters. The lowest BCUT2D eigenvalue weighted by atomic mass is 9.64. The summed E-state index contributed by atoms with van der Waals surface area (Å²) in [6, 6.07) is 11.1. The summed E-state index contributed by atoms with van der Waals surface area (Å²) in [5, 5.41) is 6.92. The van der Waals surface area contributed by atoms with E-state index in [0.29, 0.717) is 6.42 Å². The van der Waals surface area contributed by atoms with Crippen molar-refractivity contribution in [3.05, 3.63) is 35.9 Å². The minimum Gasteiger partial charge on any atom is -0.357 e. The van der Waals surface area contributed by atoms with Gasteiger partial charge in [-0.15, -0.1) is 0 Å². The van der Waals surface area contributed by atoms with Crippen LogP contribution in [0.5, 0.6) is 0 Å². The van der Waals surface area contributed by atoms with E-state index in [1.54, 1.807) is 0 Å². The van der Waals surface area contributed by atoms with E-state index in [1.165, 1.54) is 24.8 Å². The monoisotopic (exact) mass is 356 g/mol. The summed E-state index contributed by atoms with van der Waals surface area (Å²) < 4.78 is 0. The molecule has 1 aliphatic carbocycles. The summed E-state index contributed by atoms with van der Waals surface area (Å²) in [6.07, 6.45) is 5.27. The summed E-state index contributed by atoms with van der Waals surface area (Å²) >= 11 is 0. The number of hydrogen-bond acceptors (Lipinski definition) is 2. The average Bonchev–Trinajstić information content (AvgIpc) is 3.09. The number of rotatable bonds is 6. The molecule has 1 saturated heterocycles. The number of nitrogens with zero attached hydrogens (tertiary/aromatic N) is 2. The molecule has 1 aromatic carbocycles. The van der Waals surface area contributed by atoms with Crippen molar-refractivity contribution >= 4 is 11.9 Å². The van der Waals surface area contributed by atoms with Gasteiger partial charge in [0.2, 0.25) is 5.91 Å². The highest BCUT2D eigenvalue weighted by Gasteiger charge is 2.38. The molecule has 0 aromatic heterocycles. The number of carbonyl (C=O) groups is 1. The Balaban J connectivity index is 1.63. The Morgan fingerprint density at radius 2 is 2.04 bits per heavy atom. The number of likely N-dealkylation sites (tertiary alicyclic amines) is 1. The minimum absolute atomic E-state index is 0.198. The first kappa shape index (κ1) is 18.7. The number of benzene rings is 1. The lowest BCUT2D eigenvalue weighted by Gasteiger charge is -2.41. The lowest BCUT2D eigenvalue weighted by molar-refractivity contribution is -0.129. The van der Waals surface area contributed by atoms with E-state index in [9.17, 15) is 4.79 Å². The number of carbonyl (C=O) groups excluding carboxylic acids is 1. The zero-order valence-electron chi connectivity index (χ0n) is 16.1. The number of nitrogens with one attached hydrogen (secondary N) is 2. The van der Waals surface area contributed by atoms with Gasteiger partial charge in [-0.05, 0) is 31.7 Å². The molecule has 0 spiro atoms. The van der Waals surface area contributed by atoms with Crippen molar-refractivity contribution in [1.82, 2.24) is 15.5 Å². The number of aliphatic imine (C=N–C) groups is 1. The molecule has 1 heterocycles. The molecule has 1 saturated carbocycles. The van der Waals surface area contributed by atoms with E-state index in [1.807, 2.05) is 11.8 Å². The van der Waals surface area contributed by atoms with Gasteiger partial charge in [-0.25, -0.2) is 0 Å². The number of hydrogen-bond donors (Lipinski definition) is 2. The zero-order chi connectivity index (χ0) is 18.4. The van der Waals surface area contributed by atoms with Crippen LogP contribution >= 0.6 is 0 Å². The number of amides is 1. The van der Waals surface area contributed by atoms with E-state index < -0.39 is 0 Å². The molecule has 0 radical (unpaired) electrons. The second kappa shape index (κ2) is 8.56. The molecule has 1 aliphatic heterocycles. The normalized spacial score (nSPS) is 22.0. The van der Waals surface area contributed by atoms with Crippen molar-refractivity contribution in [2.24, 2.45) is 4.99 Å². The highest BCUT2D eigenvalue weighted by molar-refractivity contribution is 5.80. The predicted molar refractivity (Wildman–Crippen MR) is 106 cm³/mol. The van der Waals surface area contributed by atoms with Crippen molar-refractivity contribution in [2.75, 3.05) is 26.2 Å². The fourth-order valence-corrected chi connectivity index (χ4v) is 4.01. The molecule has 0 bridgehead atoms. The van der Waals surface area contributed by atoms with Crippen LogP contribution < -0.4 is 10.6 Å². The van der Waals surface area contributed by atoms with Gasteiger partial charge in [-0.1, -0.05) is 43.7 Å². The van der Waals surface area contributed by atoms with E-state index in [-0.39, 0.29) is 17.4 Å². The van der Waals surface area contributed by atoms with E-state index in [2.05, 4.69) is 47.9 Å². The second-order valence-electron chi connectivity index (χ2n) is 7.52. The van der Waals surface area contributed by atoms with Gasteiger partial charge < -0.3 is 15.5 Å². The molecule has 1 atom stereocenters. The Kier molecular flexibility index (Phi) is 6.17. The van der Waals surface area contributed by atoms with Gasteiger partial charge in [0.25, 0.3) is 0 Å². The maximum absolute atomic E-state index is 11.9. The van der Waals surface area contributed by atoms with E-state index in [4.69, 9.17) is 4.99 Å². The van der Waals surface area contributed by atoms with E-state index in [0.717, 1.165) is 38.6 Å². The van der Waals surface area contributed by atoms with Crippen molar-refractivity contribution in [3.8, 4) is 0 Å². The van der Waals surface area contributed by atoms with Crippen molar-refractivity contribution in [3.63, 3.8) is 0 Å². The zero-order valence-corrected chi connectivity index (χ0v) is 16.1. The standard InChI is InChI=1S/C21H32N4O/c1-3-19(26)25-14-11-18(15-25)24-20(22-4-2)23-16-21(12-8-13-21)17-9-6-5-7-10-17/h5-7,9-10,18H,3-4,8,11-16H2,1-2H3,(H2,22,23,24). The average molecular weight is 357 g/mol. The van der Waals surface area contributed by atoms with Crippen molar-refractivity contribution in [1.29, 1.82) is 0 Å². The van der Waals surface area contributed by atoms with Gasteiger partial charge in [0, 0.05) is 37.5 Å². The van der Waals surface area contributed by atoms with Crippen molar-refractivity contribution in [2.45, 2.75) is 57.4 Å². The summed E-state index contributed by atoms with van der Waals surface area (Å²) in [5.74, 6) is 1.12. The van der Waals surface area contributed by atoms with Crippen LogP contribution in [0.15, 0.2) is 35.3 Å². The molecule has 1 aromatic rings. The third kappa shape index (κ3) is 4.19. The van der Waals surface area contributed by atoms with Gasteiger partial charge in [0.15, 0.2) is 5.96 Å². The molecule has 2 N–H and O–H groups in total. The van der Waals surface area contributed by atoms with Crippen molar-refractivity contribution < 1.29 is 4.79 Å². The SMILES string of the molecule is CCNC(=NCC1(c2ccccc2)CCC1)NC1CCN(C(=O)CC)C1. The molecule has 142 valence electrons. The Hall–Kier alpha value is -2.04. The van der Waals surface area contributed by atoms with Crippen LogP contribution in [0, 0.1) is 0 Å². The first-order chi connectivity index (χ1) is 12.7. The molecule has 3 rings (SSSR count). The van der Waals surface area contributed by atoms with Crippen LogP contribution in [-0.4, -0.2) is 49.0 Å². The topological polar surface area (TPSA) is 56.7 Å². The highest BCUT2D eigenvalue weighted by atomic mass is 16.2. The van der Waals surface area contributed by atoms with E-state index >= 15 is 0 Å². The van der Waals surface area contributed by atoms with Gasteiger partial charge in [-0.3, -0.25) is 9.79 Å². The summed E-state index contributed by atoms with van der Waals surface area (Å²) in [5.41, 5.74) is 1.61. The lowest BCUT2D eigenvalue weighted by Crippen LogP contribution is -2.46. The van der Waals surface area contributed by atoms with Crippen LogP contribution in [0.1, 0.15) is 51.5 Å². The molecule has 2 aliphatic rings. The predicted octanol–water partition coefficient (Wildman–Crippen LogP) is 2.67. The van der Waals surface area contributed by atoms with Crippen LogP contribution in [0.3, 0.4) is 0 Å². The molecule has 5 heteroatoms. The molecule has 2 fully saturated rings. The molecule has 26 heavy (non-hydrogen) atoms. The first-order valence-corrected chi connectivity index (χ1v) is 10.0. The molecule has 5 nitrogen and oxygen atoms in total. The van der Waals surface area contributed by atoms with Crippen LogP contribution in [0.2, 0.25) is 0 Å². The smallest absolute Gasteiger partial charge is 0.222 e. The Labute approximate surface area is 157 Å². The number of guanidine groups is 1. The molecular formula is C21H32N4O. The van der Waals surface area contributed by atoms with Gasteiger partial charge in [0.05, 0.1) is 6.54 Å². The first-order valence-electron chi connectivity index (χ1n) is 10.0. The van der Waals surface area contributed by atoms with Gasteiger partial charge >= 0.3 is 0 Å². The maximum atomic E-state index is 11.9.